The fraction of sp³-hybridized carbons (Fsp3) is 0.333. The third-order valence-electron chi connectivity index (χ3n) is 4.93. The van der Waals surface area contributed by atoms with Crippen LogP contribution in [0.2, 0.25) is 0 Å². The van der Waals surface area contributed by atoms with Crippen LogP contribution in [0.4, 0.5) is 0 Å². The fourth-order valence-corrected chi connectivity index (χ4v) is 3.58. The molecule has 2 N–H and O–H groups in total. The van der Waals surface area contributed by atoms with Gasteiger partial charge in [-0.1, -0.05) is 42.5 Å². The minimum absolute atomic E-state index is 0.100. The number of carbonyl (C=O) groups excluding carboxylic acids is 1. The van der Waals surface area contributed by atoms with Crippen molar-refractivity contribution in [2.75, 3.05) is 7.11 Å². The number of fused-ring (bicyclic) bond motifs is 1. The molecule has 2 atom stereocenters. The summed E-state index contributed by atoms with van der Waals surface area (Å²) in [6.07, 6.45) is 2.14. The molecule has 136 valence electrons. The Hall–Kier alpha value is -2.82. The Bertz CT molecular complexity index is 802. The van der Waals surface area contributed by atoms with Gasteiger partial charge in [-0.3, -0.25) is 9.59 Å². The van der Waals surface area contributed by atoms with Crippen molar-refractivity contribution >= 4 is 11.9 Å². The molecular weight excluding hydrogens is 330 g/mol. The van der Waals surface area contributed by atoms with Gasteiger partial charge in [0.1, 0.15) is 5.75 Å². The topological polar surface area (TPSA) is 75.6 Å². The van der Waals surface area contributed by atoms with E-state index >= 15 is 0 Å². The third kappa shape index (κ3) is 4.04. The molecule has 0 spiro atoms. The van der Waals surface area contributed by atoms with Crippen LogP contribution in [0.3, 0.4) is 0 Å². The minimum Gasteiger partial charge on any atom is -0.496 e. The highest BCUT2D eigenvalue weighted by Gasteiger charge is 2.28. The van der Waals surface area contributed by atoms with Crippen molar-refractivity contribution in [2.45, 2.75) is 31.7 Å². The molecule has 1 aliphatic rings. The summed E-state index contributed by atoms with van der Waals surface area (Å²) < 4.78 is 5.34. The van der Waals surface area contributed by atoms with Gasteiger partial charge < -0.3 is 15.2 Å². The Morgan fingerprint density at radius 2 is 1.85 bits per heavy atom. The number of methoxy groups -OCH3 is 1. The van der Waals surface area contributed by atoms with Crippen molar-refractivity contribution in [2.24, 2.45) is 5.92 Å². The number of hydrogen-bond donors (Lipinski definition) is 2. The SMILES string of the molecule is COc1ccccc1C(CC(=O)O)NC(=O)C1CCc2ccccc2C1. The van der Waals surface area contributed by atoms with Crippen LogP contribution in [0.15, 0.2) is 48.5 Å². The summed E-state index contributed by atoms with van der Waals surface area (Å²) in [5.74, 6) is -0.629. The summed E-state index contributed by atoms with van der Waals surface area (Å²) in [5.41, 5.74) is 3.18. The average Bonchev–Trinajstić information content (AvgIpc) is 2.66. The van der Waals surface area contributed by atoms with Crippen molar-refractivity contribution < 1.29 is 19.4 Å². The van der Waals surface area contributed by atoms with Gasteiger partial charge in [0.05, 0.1) is 19.6 Å². The molecule has 0 aromatic heterocycles. The molecule has 0 radical (unpaired) electrons. The number of carboxylic acid groups (broad SMARTS) is 1. The first-order valence-corrected chi connectivity index (χ1v) is 8.80. The number of hydrogen-bond acceptors (Lipinski definition) is 3. The summed E-state index contributed by atoms with van der Waals surface area (Å²) in [4.78, 5) is 24.1. The number of amides is 1. The van der Waals surface area contributed by atoms with Gasteiger partial charge in [-0.15, -0.1) is 0 Å². The first-order chi connectivity index (χ1) is 12.6. The van der Waals surface area contributed by atoms with E-state index in [9.17, 15) is 14.7 Å². The molecule has 2 aromatic carbocycles. The predicted octanol–water partition coefficient (Wildman–Crippen LogP) is 3.13. The highest BCUT2D eigenvalue weighted by atomic mass is 16.5. The lowest BCUT2D eigenvalue weighted by molar-refractivity contribution is -0.138. The lowest BCUT2D eigenvalue weighted by Gasteiger charge is -2.27. The predicted molar refractivity (Wildman–Crippen MR) is 98.1 cm³/mol. The number of nitrogens with one attached hydrogen (secondary N) is 1. The van der Waals surface area contributed by atoms with Crippen molar-refractivity contribution in [3.05, 3.63) is 65.2 Å². The summed E-state index contributed by atoms with van der Waals surface area (Å²) in [6.45, 7) is 0. The van der Waals surface area contributed by atoms with E-state index in [2.05, 4.69) is 17.4 Å². The van der Waals surface area contributed by atoms with Crippen molar-refractivity contribution in [3.63, 3.8) is 0 Å². The van der Waals surface area contributed by atoms with Gasteiger partial charge in [0.2, 0.25) is 5.91 Å². The van der Waals surface area contributed by atoms with E-state index < -0.39 is 12.0 Å². The van der Waals surface area contributed by atoms with Gasteiger partial charge in [0, 0.05) is 11.5 Å². The van der Waals surface area contributed by atoms with Crippen molar-refractivity contribution in [1.82, 2.24) is 5.32 Å². The summed E-state index contributed by atoms with van der Waals surface area (Å²) in [7, 11) is 1.54. The second-order valence-corrected chi connectivity index (χ2v) is 6.61. The standard InChI is InChI=1S/C21H23NO4/c1-26-19-9-5-4-8-17(19)18(13-20(23)24)22-21(25)16-11-10-14-6-2-3-7-15(14)12-16/h2-9,16,18H,10-13H2,1H3,(H,22,25)(H,23,24). The quantitative estimate of drug-likeness (QED) is 0.837. The number of aryl methyl sites for hydroxylation is 1. The Morgan fingerprint density at radius 3 is 2.58 bits per heavy atom. The Labute approximate surface area is 153 Å². The molecule has 2 unspecified atom stereocenters. The Balaban J connectivity index is 1.77. The van der Waals surface area contributed by atoms with E-state index in [0.717, 1.165) is 12.8 Å². The van der Waals surface area contributed by atoms with Gasteiger partial charge in [-0.25, -0.2) is 0 Å². The zero-order valence-corrected chi connectivity index (χ0v) is 14.8. The van der Waals surface area contributed by atoms with Gasteiger partial charge in [-0.2, -0.15) is 0 Å². The van der Waals surface area contributed by atoms with Crippen molar-refractivity contribution in [1.29, 1.82) is 0 Å². The zero-order chi connectivity index (χ0) is 18.5. The number of aliphatic carboxylic acids is 1. The van der Waals surface area contributed by atoms with Crippen LogP contribution >= 0.6 is 0 Å². The van der Waals surface area contributed by atoms with E-state index in [0.29, 0.717) is 17.7 Å². The molecular formula is C21H23NO4. The number of rotatable bonds is 6. The third-order valence-corrected chi connectivity index (χ3v) is 4.93. The van der Waals surface area contributed by atoms with E-state index in [1.807, 2.05) is 24.3 Å². The monoisotopic (exact) mass is 353 g/mol. The summed E-state index contributed by atoms with van der Waals surface area (Å²) in [5, 5.41) is 12.2. The zero-order valence-electron chi connectivity index (χ0n) is 14.8. The normalized spacial score (nSPS) is 17.0. The van der Waals surface area contributed by atoms with Crippen LogP contribution in [0, 0.1) is 5.92 Å². The molecule has 0 saturated carbocycles. The lowest BCUT2D eigenvalue weighted by Crippen LogP contribution is -2.37. The summed E-state index contributed by atoms with van der Waals surface area (Å²) >= 11 is 0. The Kier molecular flexibility index (Phi) is 5.56. The fourth-order valence-electron chi connectivity index (χ4n) is 3.58. The molecule has 0 saturated heterocycles. The van der Waals surface area contributed by atoms with Gasteiger partial charge in [-0.05, 0) is 36.5 Å². The number of carbonyl (C=O) groups is 2. The molecule has 2 aromatic rings. The van der Waals surface area contributed by atoms with Crippen LogP contribution in [0.25, 0.3) is 0 Å². The molecule has 1 aliphatic carbocycles. The molecule has 0 bridgehead atoms. The maximum absolute atomic E-state index is 12.8. The van der Waals surface area contributed by atoms with Gasteiger partial charge >= 0.3 is 5.97 Å². The van der Waals surface area contributed by atoms with Crippen LogP contribution < -0.4 is 10.1 Å². The largest absolute Gasteiger partial charge is 0.496 e. The second-order valence-electron chi connectivity index (χ2n) is 6.61. The van der Waals surface area contributed by atoms with Crippen LogP contribution in [0.1, 0.15) is 35.6 Å². The Morgan fingerprint density at radius 1 is 1.15 bits per heavy atom. The highest BCUT2D eigenvalue weighted by Crippen LogP contribution is 2.29. The second kappa shape index (κ2) is 8.04. The maximum atomic E-state index is 12.8. The van der Waals surface area contributed by atoms with E-state index in [1.165, 1.54) is 18.2 Å². The van der Waals surface area contributed by atoms with E-state index in [-0.39, 0.29) is 18.2 Å². The molecule has 1 amide bonds. The number of benzene rings is 2. The van der Waals surface area contributed by atoms with E-state index in [1.54, 1.807) is 12.1 Å². The van der Waals surface area contributed by atoms with Crippen LogP contribution in [-0.2, 0) is 22.4 Å². The molecule has 0 heterocycles. The molecule has 0 aliphatic heterocycles. The number of carboxylic acids is 1. The van der Waals surface area contributed by atoms with Gasteiger partial charge in [0.25, 0.3) is 0 Å². The smallest absolute Gasteiger partial charge is 0.305 e. The highest BCUT2D eigenvalue weighted by molar-refractivity contribution is 5.81. The van der Waals surface area contributed by atoms with Crippen molar-refractivity contribution in [3.8, 4) is 5.75 Å². The molecule has 5 nitrogen and oxygen atoms in total. The molecule has 26 heavy (non-hydrogen) atoms. The van der Waals surface area contributed by atoms with E-state index in [4.69, 9.17) is 4.74 Å². The van der Waals surface area contributed by atoms with Gasteiger partial charge in [0.15, 0.2) is 0 Å². The molecule has 0 fully saturated rings. The molecule has 3 rings (SSSR count). The average molecular weight is 353 g/mol. The summed E-state index contributed by atoms with van der Waals surface area (Å²) in [6, 6.07) is 14.7. The van der Waals surface area contributed by atoms with Crippen LogP contribution in [0.5, 0.6) is 5.75 Å². The number of para-hydroxylation sites is 1. The first kappa shape index (κ1) is 18.0. The lowest BCUT2D eigenvalue weighted by atomic mass is 9.83. The minimum atomic E-state index is -0.963. The first-order valence-electron chi connectivity index (χ1n) is 8.80. The van der Waals surface area contributed by atoms with Crippen LogP contribution in [-0.4, -0.2) is 24.1 Å². The molecule has 5 heteroatoms. The number of ether oxygens (including phenoxy) is 1. The maximum Gasteiger partial charge on any atom is 0.305 e.